The van der Waals surface area contributed by atoms with Crippen molar-refractivity contribution in [3.05, 3.63) is 24.3 Å². The van der Waals surface area contributed by atoms with E-state index in [1.165, 1.54) is 0 Å². The normalized spacial score (nSPS) is 11.9. The summed E-state index contributed by atoms with van der Waals surface area (Å²) in [6.45, 7) is 2.70. The molecule has 0 aliphatic heterocycles. The first kappa shape index (κ1) is 13.5. The van der Waals surface area contributed by atoms with Crippen LogP contribution in [0.5, 0.6) is 5.75 Å². The lowest BCUT2D eigenvalue weighted by Crippen LogP contribution is -2.30. The monoisotopic (exact) mass is 236 g/mol. The zero-order valence-corrected chi connectivity index (χ0v) is 10.6. The van der Waals surface area contributed by atoms with Crippen molar-refractivity contribution in [2.75, 3.05) is 26.0 Å². The van der Waals surface area contributed by atoms with Crippen molar-refractivity contribution in [2.45, 2.75) is 13.3 Å². The number of anilines is 1. The molecule has 2 N–H and O–H groups in total. The van der Waals surface area contributed by atoms with Gasteiger partial charge < -0.3 is 15.4 Å². The first-order valence-corrected chi connectivity index (χ1v) is 5.80. The van der Waals surface area contributed by atoms with Gasteiger partial charge in [-0.25, -0.2) is 0 Å². The number of benzene rings is 1. The molecule has 0 aromatic heterocycles. The van der Waals surface area contributed by atoms with Crippen LogP contribution in [0.2, 0.25) is 0 Å². The lowest BCUT2D eigenvalue weighted by Gasteiger charge is -2.14. The van der Waals surface area contributed by atoms with Crippen molar-refractivity contribution in [3.8, 4) is 5.75 Å². The number of ether oxygens (including phenoxy) is 1. The fourth-order valence-electron chi connectivity index (χ4n) is 1.59. The first-order valence-electron chi connectivity index (χ1n) is 5.80. The molecule has 0 spiro atoms. The number of hydrogen-bond acceptors (Lipinski definition) is 3. The van der Waals surface area contributed by atoms with Gasteiger partial charge in [-0.1, -0.05) is 6.92 Å². The summed E-state index contributed by atoms with van der Waals surface area (Å²) >= 11 is 0. The number of methoxy groups -OCH3 is 1. The van der Waals surface area contributed by atoms with Gasteiger partial charge in [0.05, 0.1) is 13.0 Å². The summed E-state index contributed by atoms with van der Waals surface area (Å²) in [7, 11) is 3.47. The summed E-state index contributed by atoms with van der Waals surface area (Å²) in [5.41, 5.74) is 0.797. The van der Waals surface area contributed by atoms with E-state index in [1.54, 1.807) is 7.11 Å². The minimum Gasteiger partial charge on any atom is -0.497 e. The van der Waals surface area contributed by atoms with Crippen LogP contribution in [-0.2, 0) is 4.79 Å². The van der Waals surface area contributed by atoms with Crippen molar-refractivity contribution in [1.29, 1.82) is 0 Å². The zero-order valence-electron chi connectivity index (χ0n) is 10.6. The molecule has 4 nitrogen and oxygen atoms in total. The van der Waals surface area contributed by atoms with E-state index in [4.69, 9.17) is 4.74 Å². The lowest BCUT2D eigenvalue weighted by atomic mass is 10.1. The molecule has 1 atom stereocenters. The Bertz CT molecular complexity index is 349. The van der Waals surface area contributed by atoms with Crippen molar-refractivity contribution in [2.24, 2.45) is 5.92 Å². The molecule has 17 heavy (non-hydrogen) atoms. The number of hydrogen-bond donors (Lipinski definition) is 2. The molecule has 0 saturated heterocycles. The molecule has 1 aromatic carbocycles. The molecule has 0 heterocycles. The Balaban J connectivity index is 2.59. The number of amides is 1. The van der Waals surface area contributed by atoms with Crippen LogP contribution >= 0.6 is 0 Å². The number of carbonyl (C=O) groups is 1. The van der Waals surface area contributed by atoms with Crippen molar-refractivity contribution < 1.29 is 9.53 Å². The van der Waals surface area contributed by atoms with E-state index in [9.17, 15) is 4.79 Å². The summed E-state index contributed by atoms with van der Waals surface area (Å²) in [6, 6.07) is 7.33. The number of nitrogens with one attached hydrogen (secondary N) is 2. The Labute approximate surface area is 102 Å². The van der Waals surface area contributed by atoms with E-state index in [0.29, 0.717) is 6.54 Å². The van der Waals surface area contributed by atoms with E-state index in [1.807, 2.05) is 38.2 Å². The first-order chi connectivity index (χ1) is 8.21. The fraction of sp³-hybridized carbons (Fsp3) is 0.462. The maximum Gasteiger partial charge on any atom is 0.228 e. The second kappa shape index (κ2) is 6.91. The van der Waals surface area contributed by atoms with E-state index in [2.05, 4.69) is 10.6 Å². The molecular weight excluding hydrogens is 216 g/mol. The Morgan fingerprint density at radius 1 is 1.35 bits per heavy atom. The SMILES string of the molecule is CCC(CNC)C(=O)Nc1ccc(OC)cc1. The van der Waals surface area contributed by atoms with Gasteiger partial charge in [0, 0.05) is 12.2 Å². The maximum absolute atomic E-state index is 11.9. The second-order valence-electron chi connectivity index (χ2n) is 3.88. The van der Waals surface area contributed by atoms with Gasteiger partial charge in [-0.3, -0.25) is 4.79 Å². The molecular formula is C13H20N2O2. The van der Waals surface area contributed by atoms with E-state index >= 15 is 0 Å². The standard InChI is InChI=1S/C13H20N2O2/c1-4-10(9-14-2)13(16)15-11-5-7-12(17-3)8-6-11/h5-8,10,14H,4,9H2,1-3H3,(H,15,16). The summed E-state index contributed by atoms with van der Waals surface area (Å²) < 4.78 is 5.06. The summed E-state index contributed by atoms with van der Waals surface area (Å²) in [5, 5.41) is 5.92. The highest BCUT2D eigenvalue weighted by atomic mass is 16.5. The van der Waals surface area contributed by atoms with Crippen LogP contribution < -0.4 is 15.4 Å². The van der Waals surface area contributed by atoms with E-state index < -0.39 is 0 Å². The maximum atomic E-state index is 11.9. The average molecular weight is 236 g/mol. The Kier molecular flexibility index (Phi) is 5.49. The van der Waals surface area contributed by atoms with Crippen LogP contribution in [0.15, 0.2) is 24.3 Å². The number of carbonyl (C=O) groups excluding carboxylic acids is 1. The van der Waals surface area contributed by atoms with Crippen LogP contribution in [0.25, 0.3) is 0 Å². The Morgan fingerprint density at radius 2 is 2.00 bits per heavy atom. The molecule has 94 valence electrons. The third-order valence-corrected chi connectivity index (χ3v) is 2.67. The smallest absolute Gasteiger partial charge is 0.228 e. The van der Waals surface area contributed by atoms with Crippen LogP contribution in [0.1, 0.15) is 13.3 Å². The molecule has 0 aliphatic carbocycles. The van der Waals surface area contributed by atoms with E-state index in [0.717, 1.165) is 17.9 Å². The second-order valence-corrected chi connectivity index (χ2v) is 3.88. The molecule has 4 heteroatoms. The van der Waals surface area contributed by atoms with Gasteiger partial charge in [0.25, 0.3) is 0 Å². The molecule has 0 radical (unpaired) electrons. The van der Waals surface area contributed by atoms with E-state index in [-0.39, 0.29) is 11.8 Å². The zero-order chi connectivity index (χ0) is 12.7. The molecule has 0 aliphatic rings. The van der Waals surface area contributed by atoms with Gasteiger partial charge >= 0.3 is 0 Å². The van der Waals surface area contributed by atoms with Crippen molar-refractivity contribution in [1.82, 2.24) is 5.32 Å². The molecule has 0 bridgehead atoms. The summed E-state index contributed by atoms with van der Waals surface area (Å²) in [5.74, 6) is 0.833. The third-order valence-electron chi connectivity index (χ3n) is 2.67. The summed E-state index contributed by atoms with van der Waals surface area (Å²) in [4.78, 5) is 11.9. The average Bonchev–Trinajstić information content (AvgIpc) is 2.36. The summed E-state index contributed by atoms with van der Waals surface area (Å²) in [6.07, 6.45) is 0.822. The van der Waals surface area contributed by atoms with Gasteiger partial charge in [-0.2, -0.15) is 0 Å². The minimum absolute atomic E-state index is 0.00195. The highest BCUT2D eigenvalue weighted by molar-refractivity contribution is 5.92. The van der Waals surface area contributed by atoms with Crippen molar-refractivity contribution >= 4 is 11.6 Å². The van der Waals surface area contributed by atoms with Crippen LogP contribution in [0.4, 0.5) is 5.69 Å². The van der Waals surface area contributed by atoms with Crippen LogP contribution in [0.3, 0.4) is 0 Å². The lowest BCUT2D eigenvalue weighted by molar-refractivity contribution is -0.119. The topological polar surface area (TPSA) is 50.4 Å². The van der Waals surface area contributed by atoms with Gasteiger partial charge in [0.1, 0.15) is 5.75 Å². The highest BCUT2D eigenvalue weighted by Gasteiger charge is 2.15. The minimum atomic E-state index is 0.00195. The largest absolute Gasteiger partial charge is 0.497 e. The third kappa shape index (κ3) is 4.07. The fourth-order valence-corrected chi connectivity index (χ4v) is 1.59. The predicted molar refractivity (Wildman–Crippen MR) is 69.3 cm³/mol. The van der Waals surface area contributed by atoms with Gasteiger partial charge in [0.15, 0.2) is 0 Å². The van der Waals surface area contributed by atoms with Gasteiger partial charge in [-0.15, -0.1) is 0 Å². The number of rotatable bonds is 6. The Hall–Kier alpha value is -1.55. The molecule has 1 aromatic rings. The van der Waals surface area contributed by atoms with Crippen molar-refractivity contribution in [3.63, 3.8) is 0 Å². The van der Waals surface area contributed by atoms with Gasteiger partial charge in [0.2, 0.25) is 5.91 Å². The van der Waals surface area contributed by atoms with Crippen LogP contribution in [-0.4, -0.2) is 26.6 Å². The van der Waals surface area contributed by atoms with Gasteiger partial charge in [-0.05, 0) is 37.7 Å². The Morgan fingerprint density at radius 3 is 2.47 bits per heavy atom. The molecule has 1 rings (SSSR count). The highest BCUT2D eigenvalue weighted by Crippen LogP contribution is 2.16. The van der Waals surface area contributed by atoms with Crippen LogP contribution in [0, 0.1) is 5.92 Å². The quantitative estimate of drug-likeness (QED) is 0.793. The molecule has 0 saturated carbocycles. The predicted octanol–water partition coefficient (Wildman–Crippen LogP) is 1.88. The molecule has 1 amide bonds. The molecule has 1 unspecified atom stereocenters. The molecule has 0 fully saturated rings.